The van der Waals surface area contributed by atoms with Crippen LogP contribution in [0.5, 0.6) is 0 Å². The number of fused-ring (bicyclic) bond motifs is 1. The molecule has 29 heavy (non-hydrogen) atoms. The minimum absolute atomic E-state index is 0.154. The number of carbonyl (C=O) groups is 1. The Morgan fingerprint density at radius 3 is 2.45 bits per heavy atom. The van der Waals surface area contributed by atoms with E-state index in [2.05, 4.69) is 15.9 Å². The molecule has 0 radical (unpaired) electrons. The second kappa shape index (κ2) is 7.66. The van der Waals surface area contributed by atoms with Crippen LogP contribution in [0.2, 0.25) is 0 Å². The van der Waals surface area contributed by atoms with Crippen molar-refractivity contribution in [3.8, 4) is 0 Å². The van der Waals surface area contributed by atoms with E-state index in [1.165, 1.54) is 4.31 Å². The van der Waals surface area contributed by atoms with Gasteiger partial charge < -0.3 is 4.74 Å². The maximum atomic E-state index is 13.5. The van der Waals surface area contributed by atoms with Crippen LogP contribution in [0.25, 0.3) is 0 Å². The van der Waals surface area contributed by atoms with Crippen molar-refractivity contribution < 1.29 is 26.7 Å². The number of benzene rings is 2. The molecule has 1 saturated heterocycles. The summed E-state index contributed by atoms with van der Waals surface area (Å²) in [6.45, 7) is 0.497. The van der Waals surface area contributed by atoms with Gasteiger partial charge in [0.25, 0.3) is 0 Å². The summed E-state index contributed by atoms with van der Waals surface area (Å²) in [5.74, 6) is -2.31. The molecule has 2 heterocycles. The number of sulfonamides is 1. The summed E-state index contributed by atoms with van der Waals surface area (Å²) in [7, 11) is -3.95. The summed E-state index contributed by atoms with van der Waals surface area (Å²) in [6.07, 6.45) is 0.336. The average Bonchev–Trinajstić information content (AvgIpc) is 2.70. The van der Waals surface area contributed by atoms with Crippen LogP contribution in [0.1, 0.15) is 18.4 Å². The molecule has 154 valence electrons. The molecular formula is C19H17BrF2N2O4S. The minimum atomic E-state index is -3.95. The molecule has 1 amide bonds. The number of piperidine rings is 1. The predicted octanol–water partition coefficient (Wildman–Crippen LogP) is 4.04. The molecule has 2 aliphatic rings. The first-order valence-corrected chi connectivity index (χ1v) is 11.2. The summed E-state index contributed by atoms with van der Waals surface area (Å²) in [5, 5.41) is 0. The summed E-state index contributed by atoms with van der Waals surface area (Å²) >= 11 is 3.40. The molecule has 1 fully saturated rings. The van der Waals surface area contributed by atoms with Gasteiger partial charge in [-0.15, -0.1) is 0 Å². The van der Waals surface area contributed by atoms with Gasteiger partial charge in [0, 0.05) is 29.2 Å². The first kappa shape index (κ1) is 20.2. The Bertz CT molecular complexity index is 1070. The maximum absolute atomic E-state index is 13.5. The van der Waals surface area contributed by atoms with Crippen LogP contribution in [0, 0.1) is 11.6 Å². The summed E-state index contributed by atoms with van der Waals surface area (Å²) in [6, 6.07) is 7.88. The van der Waals surface area contributed by atoms with Crippen molar-refractivity contribution in [2.24, 2.45) is 0 Å². The van der Waals surface area contributed by atoms with Crippen LogP contribution in [0.4, 0.5) is 19.3 Å². The van der Waals surface area contributed by atoms with E-state index in [0.717, 1.165) is 27.9 Å². The number of halogens is 3. The lowest BCUT2D eigenvalue weighted by Crippen LogP contribution is -2.50. The minimum Gasteiger partial charge on any atom is -0.444 e. The Hall–Kier alpha value is -2.04. The highest BCUT2D eigenvalue weighted by molar-refractivity contribution is 9.10. The molecule has 4 rings (SSSR count). The van der Waals surface area contributed by atoms with Gasteiger partial charge in [-0.05, 0) is 49.2 Å². The Morgan fingerprint density at radius 2 is 1.76 bits per heavy atom. The van der Waals surface area contributed by atoms with Crippen LogP contribution < -0.4 is 4.90 Å². The number of anilines is 1. The molecule has 0 atom stereocenters. The number of nitrogens with zero attached hydrogens (tertiary/aromatic N) is 2. The third kappa shape index (κ3) is 3.76. The van der Waals surface area contributed by atoms with E-state index < -0.39 is 27.8 Å². The first-order chi connectivity index (χ1) is 13.8. The summed E-state index contributed by atoms with van der Waals surface area (Å²) < 4.78 is 59.5. The van der Waals surface area contributed by atoms with Crippen LogP contribution in [-0.2, 0) is 21.4 Å². The zero-order valence-electron chi connectivity index (χ0n) is 15.1. The van der Waals surface area contributed by atoms with Gasteiger partial charge >= 0.3 is 6.09 Å². The van der Waals surface area contributed by atoms with Crippen LogP contribution >= 0.6 is 15.9 Å². The maximum Gasteiger partial charge on any atom is 0.414 e. The molecule has 2 aromatic carbocycles. The van der Waals surface area contributed by atoms with Gasteiger partial charge in [0.1, 0.15) is 6.61 Å². The fourth-order valence-corrected chi connectivity index (χ4v) is 5.58. The number of rotatable bonds is 3. The normalized spacial score (nSPS) is 18.4. The van der Waals surface area contributed by atoms with E-state index in [1.54, 1.807) is 4.90 Å². The number of hydrogen-bond acceptors (Lipinski definition) is 4. The highest BCUT2D eigenvalue weighted by Gasteiger charge is 2.37. The van der Waals surface area contributed by atoms with Gasteiger partial charge in [0.15, 0.2) is 11.6 Å². The van der Waals surface area contributed by atoms with Crippen LogP contribution in [0.3, 0.4) is 0 Å². The largest absolute Gasteiger partial charge is 0.444 e. The molecule has 0 spiro atoms. The lowest BCUT2D eigenvalue weighted by molar-refractivity contribution is 0.135. The molecule has 0 unspecified atom stereocenters. The SMILES string of the molecule is O=C1OCc2cc(Br)ccc2N1C1CCN(S(=O)(=O)c2ccc(F)c(F)c2)CC1. The predicted molar refractivity (Wildman–Crippen MR) is 105 cm³/mol. The lowest BCUT2D eigenvalue weighted by atomic mass is 10.0. The molecule has 0 N–H and O–H groups in total. The standard InChI is InChI=1S/C19H17BrF2N2O4S/c20-13-1-4-18-12(9-13)11-28-19(25)24(18)14-5-7-23(8-6-14)29(26,27)15-2-3-16(21)17(22)10-15/h1-4,9-10,14H,5-8,11H2. The van der Waals surface area contributed by atoms with Gasteiger partial charge in [0.05, 0.1) is 10.6 Å². The molecule has 10 heteroatoms. The van der Waals surface area contributed by atoms with Crippen LogP contribution in [0.15, 0.2) is 45.8 Å². The van der Waals surface area contributed by atoms with Crippen molar-refractivity contribution in [2.45, 2.75) is 30.4 Å². The third-order valence-electron chi connectivity index (χ3n) is 5.17. The van der Waals surface area contributed by atoms with Gasteiger partial charge in [-0.3, -0.25) is 4.90 Å². The number of carbonyl (C=O) groups excluding carboxylic acids is 1. The highest BCUT2D eigenvalue weighted by atomic mass is 79.9. The van der Waals surface area contributed by atoms with E-state index in [9.17, 15) is 22.0 Å². The Labute approximate surface area is 175 Å². The molecule has 0 saturated carbocycles. The zero-order chi connectivity index (χ0) is 20.8. The topological polar surface area (TPSA) is 66.9 Å². The van der Waals surface area contributed by atoms with Crippen molar-refractivity contribution in [1.82, 2.24) is 4.31 Å². The fraction of sp³-hybridized carbons (Fsp3) is 0.316. The first-order valence-electron chi connectivity index (χ1n) is 8.97. The summed E-state index contributed by atoms with van der Waals surface area (Å²) in [5.41, 5.74) is 1.63. The molecule has 2 aliphatic heterocycles. The molecule has 0 aliphatic carbocycles. The quantitative estimate of drug-likeness (QED) is 0.656. The monoisotopic (exact) mass is 486 g/mol. The molecular weight excluding hydrogens is 470 g/mol. The molecule has 2 aromatic rings. The van der Waals surface area contributed by atoms with E-state index in [0.29, 0.717) is 18.9 Å². The third-order valence-corrected chi connectivity index (χ3v) is 7.55. The Balaban J connectivity index is 1.52. The van der Waals surface area contributed by atoms with Crippen molar-refractivity contribution in [3.05, 3.63) is 58.1 Å². The molecule has 6 nitrogen and oxygen atoms in total. The van der Waals surface area contributed by atoms with E-state index >= 15 is 0 Å². The van der Waals surface area contributed by atoms with Crippen molar-refractivity contribution in [2.75, 3.05) is 18.0 Å². The Kier molecular flexibility index (Phi) is 5.34. The van der Waals surface area contributed by atoms with Crippen LogP contribution in [-0.4, -0.2) is 37.9 Å². The number of ether oxygens (including phenoxy) is 1. The average molecular weight is 487 g/mol. The van der Waals surface area contributed by atoms with E-state index in [-0.39, 0.29) is 30.6 Å². The van der Waals surface area contributed by atoms with Crippen molar-refractivity contribution >= 4 is 37.7 Å². The van der Waals surface area contributed by atoms with Gasteiger partial charge in [-0.2, -0.15) is 4.31 Å². The summed E-state index contributed by atoms with van der Waals surface area (Å²) in [4.78, 5) is 13.7. The Morgan fingerprint density at radius 1 is 1.03 bits per heavy atom. The van der Waals surface area contributed by atoms with E-state index in [4.69, 9.17) is 4.74 Å². The second-order valence-electron chi connectivity index (χ2n) is 6.91. The van der Waals surface area contributed by atoms with Crippen molar-refractivity contribution in [3.63, 3.8) is 0 Å². The number of hydrogen-bond donors (Lipinski definition) is 0. The second-order valence-corrected chi connectivity index (χ2v) is 9.76. The highest BCUT2D eigenvalue weighted by Crippen LogP contribution is 2.34. The molecule has 0 bridgehead atoms. The fourth-order valence-electron chi connectivity index (χ4n) is 3.68. The van der Waals surface area contributed by atoms with Gasteiger partial charge in [-0.25, -0.2) is 22.0 Å². The number of amides is 1. The lowest BCUT2D eigenvalue weighted by Gasteiger charge is -2.39. The zero-order valence-corrected chi connectivity index (χ0v) is 17.5. The van der Waals surface area contributed by atoms with E-state index in [1.807, 2.05) is 18.2 Å². The van der Waals surface area contributed by atoms with Gasteiger partial charge in [-0.1, -0.05) is 15.9 Å². The van der Waals surface area contributed by atoms with Crippen molar-refractivity contribution in [1.29, 1.82) is 0 Å². The van der Waals surface area contributed by atoms with Gasteiger partial charge in [0.2, 0.25) is 10.0 Å². The number of cyclic esters (lactones) is 1. The smallest absolute Gasteiger partial charge is 0.414 e. The molecule has 0 aromatic heterocycles.